The molecule has 1 aliphatic rings. The SMILES string of the molecule is C[C@H]1CO[P@@](=O)([C@@H](NCc2ccccc2)c2ccccc2)O1. The maximum absolute atomic E-state index is 13.0. The van der Waals surface area contributed by atoms with E-state index >= 15 is 0 Å². The van der Waals surface area contributed by atoms with Crippen LogP contribution >= 0.6 is 7.60 Å². The number of benzene rings is 2. The molecule has 0 radical (unpaired) electrons. The first-order chi connectivity index (χ1) is 10.7. The zero-order valence-corrected chi connectivity index (χ0v) is 13.4. The molecule has 3 rings (SSSR count). The lowest BCUT2D eigenvalue weighted by atomic mass is 10.2. The number of nitrogens with one attached hydrogen (secondary N) is 1. The van der Waals surface area contributed by atoms with Crippen molar-refractivity contribution in [1.29, 1.82) is 0 Å². The predicted octanol–water partition coefficient (Wildman–Crippen LogP) is 4.10. The van der Waals surface area contributed by atoms with Crippen LogP contribution in [0.1, 0.15) is 23.8 Å². The van der Waals surface area contributed by atoms with Gasteiger partial charge < -0.3 is 9.05 Å². The van der Waals surface area contributed by atoms with E-state index in [4.69, 9.17) is 9.05 Å². The highest BCUT2D eigenvalue weighted by molar-refractivity contribution is 7.54. The van der Waals surface area contributed by atoms with Crippen molar-refractivity contribution in [2.45, 2.75) is 25.4 Å². The van der Waals surface area contributed by atoms with Crippen LogP contribution in [0.25, 0.3) is 0 Å². The Morgan fingerprint density at radius 2 is 1.77 bits per heavy atom. The van der Waals surface area contributed by atoms with Crippen molar-refractivity contribution in [2.75, 3.05) is 6.61 Å². The minimum Gasteiger partial charge on any atom is -0.304 e. The van der Waals surface area contributed by atoms with Crippen LogP contribution in [0, 0.1) is 0 Å². The third kappa shape index (κ3) is 3.47. The van der Waals surface area contributed by atoms with E-state index in [1.165, 1.54) is 0 Å². The number of rotatable bonds is 5. The Labute approximate surface area is 131 Å². The van der Waals surface area contributed by atoms with Crippen LogP contribution in [0.15, 0.2) is 60.7 Å². The maximum atomic E-state index is 13.0. The second-order valence-electron chi connectivity index (χ2n) is 5.43. The van der Waals surface area contributed by atoms with Gasteiger partial charge in [0.15, 0.2) is 0 Å². The molecule has 2 aromatic rings. The van der Waals surface area contributed by atoms with Crippen molar-refractivity contribution in [3.8, 4) is 0 Å². The summed E-state index contributed by atoms with van der Waals surface area (Å²) in [6.45, 7) is 2.85. The van der Waals surface area contributed by atoms with Gasteiger partial charge in [-0.3, -0.25) is 9.88 Å². The lowest BCUT2D eigenvalue weighted by Gasteiger charge is -2.24. The van der Waals surface area contributed by atoms with Crippen LogP contribution in [0.4, 0.5) is 0 Å². The second-order valence-corrected chi connectivity index (χ2v) is 7.50. The molecule has 0 amide bonds. The molecular formula is C17H20NO3P. The van der Waals surface area contributed by atoms with Gasteiger partial charge in [-0.1, -0.05) is 60.7 Å². The Morgan fingerprint density at radius 1 is 1.14 bits per heavy atom. The number of hydrogen-bond donors (Lipinski definition) is 1. The molecule has 22 heavy (non-hydrogen) atoms. The van der Waals surface area contributed by atoms with E-state index in [0.29, 0.717) is 13.2 Å². The minimum absolute atomic E-state index is 0.143. The van der Waals surface area contributed by atoms with Gasteiger partial charge in [0.25, 0.3) is 0 Å². The van der Waals surface area contributed by atoms with Crippen LogP contribution in [0.2, 0.25) is 0 Å². The van der Waals surface area contributed by atoms with Crippen molar-refractivity contribution in [3.05, 3.63) is 71.8 Å². The van der Waals surface area contributed by atoms with E-state index < -0.39 is 13.4 Å². The standard InChI is InChI=1S/C17H20NO3P/c1-14-13-20-22(19,21-14)17(16-10-6-3-7-11-16)18-12-15-8-4-2-5-9-15/h2-11,14,17-18H,12-13H2,1H3/t14-,17+,22-/m0/s1. The highest BCUT2D eigenvalue weighted by atomic mass is 31.2. The van der Waals surface area contributed by atoms with Crippen molar-refractivity contribution in [2.24, 2.45) is 0 Å². The highest BCUT2D eigenvalue weighted by Crippen LogP contribution is 2.63. The topological polar surface area (TPSA) is 47.6 Å². The van der Waals surface area contributed by atoms with Gasteiger partial charge in [0.05, 0.1) is 12.7 Å². The molecule has 1 saturated heterocycles. The van der Waals surface area contributed by atoms with Crippen LogP contribution in [-0.2, 0) is 20.2 Å². The largest absolute Gasteiger partial charge is 0.352 e. The van der Waals surface area contributed by atoms with Crippen LogP contribution in [-0.4, -0.2) is 12.7 Å². The quantitative estimate of drug-likeness (QED) is 0.843. The minimum atomic E-state index is -3.21. The molecule has 0 unspecified atom stereocenters. The van der Waals surface area contributed by atoms with Crippen molar-refractivity contribution < 1.29 is 13.6 Å². The molecule has 1 heterocycles. The average molecular weight is 317 g/mol. The van der Waals surface area contributed by atoms with Gasteiger partial charge in [-0.15, -0.1) is 0 Å². The maximum Gasteiger partial charge on any atom is 0.352 e. The van der Waals surface area contributed by atoms with Gasteiger partial charge in [0, 0.05) is 6.54 Å². The molecule has 0 saturated carbocycles. The summed E-state index contributed by atoms with van der Waals surface area (Å²) in [7, 11) is -3.21. The zero-order valence-electron chi connectivity index (χ0n) is 12.5. The molecule has 0 spiro atoms. The molecular weight excluding hydrogens is 297 g/mol. The first kappa shape index (κ1) is 15.4. The van der Waals surface area contributed by atoms with Crippen molar-refractivity contribution >= 4 is 7.60 Å². The van der Waals surface area contributed by atoms with Crippen molar-refractivity contribution in [3.63, 3.8) is 0 Å². The Bertz CT molecular complexity index is 647. The first-order valence-corrected chi connectivity index (χ1v) is 9.03. The van der Waals surface area contributed by atoms with Gasteiger partial charge in [0.2, 0.25) is 0 Å². The second kappa shape index (κ2) is 6.76. The Hall–Kier alpha value is -1.45. The fourth-order valence-electron chi connectivity index (χ4n) is 2.51. The Balaban J connectivity index is 1.82. The van der Waals surface area contributed by atoms with Crippen LogP contribution < -0.4 is 5.32 Å². The molecule has 3 atom stereocenters. The third-order valence-electron chi connectivity index (χ3n) is 3.59. The summed E-state index contributed by atoms with van der Waals surface area (Å²) in [6, 6.07) is 19.7. The average Bonchev–Trinajstić information content (AvgIpc) is 2.89. The van der Waals surface area contributed by atoms with Gasteiger partial charge >= 0.3 is 7.60 Å². The first-order valence-electron chi connectivity index (χ1n) is 7.42. The summed E-state index contributed by atoms with van der Waals surface area (Å²) in [5.41, 5.74) is 2.04. The summed E-state index contributed by atoms with van der Waals surface area (Å²) in [5, 5.41) is 3.34. The van der Waals surface area contributed by atoms with Crippen LogP contribution in [0.5, 0.6) is 0 Å². The lowest BCUT2D eigenvalue weighted by molar-refractivity contribution is 0.253. The molecule has 2 aromatic carbocycles. The molecule has 1 fully saturated rings. The molecule has 0 aliphatic carbocycles. The summed E-state index contributed by atoms with van der Waals surface area (Å²) < 4.78 is 24.2. The van der Waals surface area contributed by atoms with Gasteiger partial charge in [-0.2, -0.15) is 0 Å². The summed E-state index contributed by atoms with van der Waals surface area (Å²) in [4.78, 5) is 0. The number of hydrogen-bond acceptors (Lipinski definition) is 4. The van der Waals surface area contributed by atoms with E-state index in [1.807, 2.05) is 67.6 Å². The molecule has 4 nitrogen and oxygen atoms in total. The fraction of sp³-hybridized carbons (Fsp3) is 0.294. The van der Waals surface area contributed by atoms with E-state index in [1.54, 1.807) is 0 Å². The van der Waals surface area contributed by atoms with Crippen molar-refractivity contribution in [1.82, 2.24) is 5.32 Å². The highest BCUT2D eigenvalue weighted by Gasteiger charge is 2.43. The van der Waals surface area contributed by atoms with E-state index in [9.17, 15) is 4.57 Å². The molecule has 0 bridgehead atoms. The van der Waals surface area contributed by atoms with Gasteiger partial charge in [-0.25, -0.2) is 0 Å². The Morgan fingerprint density at radius 3 is 2.36 bits per heavy atom. The smallest absolute Gasteiger partial charge is 0.304 e. The molecule has 5 heteroatoms. The van der Waals surface area contributed by atoms with E-state index in [-0.39, 0.29) is 6.10 Å². The van der Waals surface area contributed by atoms with E-state index in [0.717, 1.165) is 11.1 Å². The molecule has 0 aromatic heterocycles. The summed E-state index contributed by atoms with van der Waals surface area (Å²) >= 11 is 0. The molecule has 116 valence electrons. The third-order valence-corrected chi connectivity index (χ3v) is 5.87. The monoisotopic (exact) mass is 317 g/mol. The summed E-state index contributed by atoms with van der Waals surface area (Å²) in [6.07, 6.45) is -0.143. The zero-order chi connectivity index (χ0) is 15.4. The van der Waals surface area contributed by atoms with Crippen LogP contribution in [0.3, 0.4) is 0 Å². The van der Waals surface area contributed by atoms with Gasteiger partial charge in [0.1, 0.15) is 5.78 Å². The molecule has 1 aliphatic heterocycles. The lowest BCUT2D eigenvalue weighted by Crippen LogP contribution is -2.21. The Kier molecular flexibility index (Phi) is 4.74. The van der Waals surface area contributed by atoms with Gasteiger partial charge in [-0.05, 0) is 18.1 Å². The predicted molar refractivity (Wildman–Crippen MR) is 86.6 cm³/mol. The summed E-state index contributed by atoms with van der Waals surface area (Å²) in [5.74, 6) is -0.459. The molecule has 1 N–H and O–H groups in total. The normalized spacial score (nSPS) is 26.0. The fourth-order valence-corrected chi connectivity index (χ4v) is 4.68. The van der Waals surface area contributed by atoms with E-state index in [2.05, 4.69) is 5.32 Å².